The van der Waals surface area contributed by atoms with Crippen molar-refractivity contribution in [3.63, 3.8) is 0 Å². The van der Waals surface area contributed by atoms with Gasteiger partial charge in [-0.2, -0.15) is 0 Å². The Balaban J connectivity index is 1.39. The molecule has 1 aromatic carbocycles. The fourth-order valence-electron chi connectivity index (χ4n) is 3.75. The Bertz CT molecular complexity index is 859. The van der Waals surface area contributed by atoms with Gasteiger partial charge in [-0.1, -0.05) is 18.2 Å². The third-order valence-electron chi connectivity index (χ3n) is 5.86. The van der Waals surface area contributed by atoms with Crippen molar-refractivity contribution in [1.29, 1.82) is 0 Å². The van der Waals surface area contributed by atoms with Crippen LogP contribution in [0.5, 0.6) is 5.75 Å². The predicted molar refractivity (Wildman–Crippen MR) is 121 cm³/mol. The molecule has 1 atom stereocenters. The minimum Gasteiger partial charge on any atom is -0.497 e. The van der Waals surface area contributed by atoms with Gasteiger partial charge in [0.25, 0.3) is 0 Å². The van der Waals surface area contributed by atoms with Crippen LogP contribution in [0.25, 0.3) is 0 Å². The van der Waals surface area contributed by atoms with E-state index in [1.165, 1.54) is 0 Å². The summed E-state index contributed by atoms with van der Waals surface area (Å²) in [7, 11) is 1.65. The lowest BCUT2D eigenvalue weighted by Gasteiger charge is -2.34. The normalized spacial score (nSPS) is 15.8. The summed E-state index contributed by atoms with van der Waals surface area (Å²) >= 11 is 0. The number of hydrogen-bond acceptors (Lipinski definition) is 5. The molecule has 0 radical (unpaired) electrons. The van der Waals surface area contributed by atoms with Gasteiger partial charge in [0.2, 0.25) is 11.8 Å². The van der Waals surface area contributed by atoms with E-state index in [9.17, 15) is 9.59 Å². The molecule has 0 saturated carbocycles. The number of methoxy groups -OCH3 is 1. The van der Waals surface area contributed by atoms with Crippen molar-refractivity contribution in [3.8, 4) is 5.75 Å². The SMILES string of the molecule is COc1ccc(CCNC(=O)C(C)N2CCC(C(=O)Nc3ccc(C)cn3)CC2)cc1. The lowest BCUT2D eigenvalue weighted by Crippen LogP contribution is -2.49. The summed E-state index contributed by atoms with van der Waals surface area (Å²) < 4.78 is 5.16. The number of nitrogens with zero attached hydrogens (tertiary/aromatic N) is 2. The second kappa shape index (κ2) is 10.9. The van der Waals surface area contributed by atoms with Gasteiger partial charge in [-0.15, -0.1) is 0 Å². The largest absolute Gasteiger partial charge is 0.497 e. The maximum absolute atomic E-state index is 12.6. The van der Waals surface area contributed by atoms with Crippen LogP contribution in [-0.4, -0.2) is 54.5 Å². The third-order valence-corrected chi connectivity index (χ3v) is 5.86. The van der Waals surface area contributed by atoms with E-state index in [0.717, 1.165) is 49.2 Å². The first-order valence-corrected chi connectivity index (χ1v) is 10.8. The Kier molecular flexibility index (Phi) is 8.00. The molecule has 2 heterocycles. The number of aromatic nitrogens is 1. The van der Waals surface area contributed by atoms with E-state index in [0.29, 0.717) is 12.4 Å². The number of amides is 2. The smallest absolute Gasteiger partial charge is 0.237 e. The van der Waals surface area contributed by atoms with E-state index in [2.05, 4.69) is 20.5 Å². The average molecular weight is 425 g/mol. The molecule has 7 nitrogen and oxygen atoms in total. The van der Waals surface area contributed by atoms with E-state index in [4.69, 9.17) is 4.74 Å². The molecular formula is C24H32N4O3. The molecule has 2 N–H and O–H groups in total. The average Bonchev–Trinajstić information content (AvgIpc) is 2.80. The number of ether oxygens (including phenoxy) is 1. The number of carbonyl (C=O) groups is 2. The summed E-state index contributed by atoms with van der Waals surface area (Å²) in [6.07, 6.45) is 3.99. The second-order valence-electron chi connectivity index (χ2n) is 8.09. The van der Waals surface area contributed by atoms with Gasteiger partial charge in [-0.05, 0) is 75.5 Å². The molecule has 1 aromatic heterocycles. The van der Waals surface area contributed by atoms with Gasteiger partial charge in [-0.3, -0.25) is 14.5 Å². The van der Waals surface area contributed by atoms with Crippen molar-refractivity contribution in [1.82, 2.24) is 15.2 Å². The minimum atomic E-state index is -0.210. The van der Waals surface area contributed by atoms with Gasteiger partial charge in [0, 0.05) is 18.7 Å². The number of carbonyl (C=O) groups excluding carboxylic acids is 2. The Morgan fingerprint density at radius 3 is 2.48 bits per heavy atom. The highest BCUT2D eigenvalue weighted by molar-refractivity contribution is 5.91. The zero-order valence-electron chi connectivity index (χ0n) is 18.6. The molecule has 0 spiro atoms. The maximum atomic E-state index is 12.6. The first-order chi connectivity index (χ1) is 15.0. The van der Waals surface area contributed by atoms with Crippen LogP contribution >= 0.6 is 0 Å². The molecule has 0 bridgehead atoms. The molecule has 0 aliphatic carbocycles. The summed E-state index contributed by atoms with van der Waals surface area (Å²) in [5.41, 5.74) is 2.21. The van der Waals surface area contributed by atoms with Crippen LogP contribution in [0.15, 0.2) is 42.6 Å². The highest BCUT2D eigenvalue weighted by Gasteiger charge is 2.29. The molecule has 1 saturated heterocycles. The van der Waals surface area contributed by atoms with Crippen LogP contribution in [-0.2, 0) is 16.0 Å². The minimum absolute atomic E-state index is 0.00704. The van der Waals surface area contributed by atoms with Crippen molar-refractivity contribution in [2.75, 3.05) is 32.1 Å². The first-order valence-electron chi connectivity index (χ1n) is 10.8. The van der Waals surface area contributed by atoms with E-state index >= 15 is 0 Å². The van der Waals surface area contributed by atoms with E-state index < -0.39 is 0 Å². The Morgan fingerprint density at radius 2 is 1.87 bits per heavy atom. The van der Waals surface area contributed by atoms with Gasteiger partial charge in [0.15, 0.2) is 0 Å². The van der Waals surface area contributed by atoms with Crippen molar-refractivity contribution < 1.29 is 14.3 Å². The number of aryl methyl sites for hydroxylation is 1. The van der Waals surface area contributed by atoms with Gasteiger partial charge < -0.3 is 15.4 Å². The quantitative estimate of drug-likeness (QED) is 0.681. The van der Waals surface area contributed by atoms with Crippen molar-refractivity contribution in [2.45, 2.75) is 39.2 Å². The van der Waals surface area contributed by atoms with Crippen molar-refractivity contribution >= 4 is 17.6 Å². The Hall–Kier alpha value is -2.93. The van der Waals surface area contributed by atoms with Crippen LogP contribution in [0.4, 0.5) is 5.82 Å². The van der Waals surface area contributed by atoms with Crippen LogP contribution in [0, 0.1) is 12.8 Å². The number of likely N-dealkylation sites (tertiary alicyclic amines) is 1. The lowest BCUT2D eigenvalue weighted by molar-refractivity contribution is -0.127. The molecule has 1 aliphatic heterocycles. The molecule has 7 heteroatoms. The first kappa shape index (κ1) is 22.7. The zero-order valence-corrected chi connectivity index (χ0v) is 18.6. The molecule has 31 heavy (non-hydrogen) atoms. The van der Waals surface area contributed by atoms with Gasteiger partial charge in [0.05, 0.1) is 13.2 Å². The molecular weight excluding hydrogens is 392 g/mol. The molecule has 1 fully saturated rings. The second-order valence-corrected chi connectivity index (χ2v) is 8.09. The third kappa shape index (κ3) is 6.52. The summed E-state index contributed by atoms with van der Waals surface area (Å²) in [5, 5.41) is 5.93. The number of rotatable bonds is 8. The highest BCUT2D eigenvalue weighted by atomic mass is 16.5. The number of piperidine rings is 1. The molecule has 1 unspecified atom stereocenters. The fraction of sp³-hybridized carbons (Fsp3) is 0.458. The number of nitrogens with one attached hydrogen (secondary N) is 2. The van der Waals surface area contributed by atoms with Crippen molar-refractivity contribution in [3.05, 3.63) is 53.7 Å². The summed E-state index contributed by atoms with van der Waals surface area (Å²) in [5.74, 6) is 1.40. The van der Waals surface area contributed by atoms with E-state index in [-0.39, 0.29) is 23.8 Å². The number of anilines is 1. The lowest BCUT2D eigenvalue weighted by atomic mass is 9.95. The summed E-state index contributed by atoms with van der Waals surface area (Å²) in [6.45, 7) is 5.95. The zero-order chi connectivity index (χ0) is 22.2. The summed E-state index contributed by atoms with van der Waals surface area (Å²) in [6, 6.07) is 11.4. The van der Waals surface area contributed by atoms with Crippen LogP contribution in [0.1, 0.15) is 30.9 Å². The monoisotopic (exact) mass is 424 g/mol. The number of benzene rings is 1. The molecule has 2 aromatic rings. The maximum Gasteiger partial charge on any atom is 0.237 e. The Morgan fingerprint density at radius 1 is 1.16 bits per heavy atom. The van der Waals surface area contributed by atoms with Crippen LogP contribution in [0.3, 0.4) is 0 Å². The summed E-state index contributed by atoms with van der Waals surface area (Å²) in [4.78, 5) is 31.5. The van der Waals surface area contributed by atoms with Crippen LogP contribution < -0.4 is 15.4 Å². The topological polar surface area (TPSA) is 83.6 Å². The standard InChI is InChI=1S/C24H32N4O3/c1-17-4-9-22(26-16-17)27-24(30)20-11-14-28(15-12-20)18(2)23(29)25-13-10-19-5-7-21(31-3)8-6-19/h4-9,16,18,20H,10-15H2,1-3H3,(H,25,29)(H,26,27,30). The molecule has 2 amide bonds. The fourth-order valence-corrected chi connectivity index (χ4v) is 3.75. The molecule has 1 aliphatic rings. The van der Waals surface area contributed by atoms with E-state index in [1.54, 1.807) is 13.3 Å². The highest BCUT2D eigenvalue weighted by Crippen LogP contribution is 2.21. The van der Waals surface area contributed by atoms with Gasteiger partial charge >= 0.3 is 0 Å². The number of hydrogen-bond donors (Lipinski definition) is 2. The van der Waals surface area contributed by atoms with Crippen molar-refractivity contribution in [2.24, 2.45) is 5.92 Å². The Labute approximate surface area is 184 Å². The number of pyridine rings is 1. The predicted octanol–water partition coefficient (Wildman–Crippen LogP) is 2.80. The van der Waals surface area contributed by atoms with E-state index in [1.807, 2.05) is 50.2 Å². The molecule has 166 valence electrons. The molecule has 3 rings (SSSR count). The van der Waals surface area contributed by atoms with Gasteiger partial charge in [-0.25, -0.2) is 4.98 Å². The van der Waals surface area contributed by atoms with Crippen LogP contribution in [0.2, 0.25) is 0 Å². The van der Waals surface area contributed by atoms with Gasteiger partial charge in [0.1, 0.15) is 11.6 Å².